The average Bonchev–Trinajstić information content (AvgIpc) is 2.79. The molecule has 1 atom stereocenters. The topological polar surface area (TPSA) is 46.6 Å². The molecule has 0 unspecified atom stereocenters. The Balaban J connectivity index is 2.31. The zero-order valence-corrected chi connectivity index (χ0v) is 10.9. The van der Waals surface area contributed by atoms with Crippen molar-refractivity contribution in [3.05, 3.63) is 35.9 Å². The van der Waals surface area contributed by atoms with Gasteiger partial charge in [-0.15, -0.1) is 0 Å². The van der Waals surface area contributed by atoms with Crippen molar-refractivity contribution in [1.29, 1.82) is 0 Å². The van der Waals surface area contributed by atoms with E-state index in [0.29, 0.717) is 13.0 Å². The molecule has 0 aromatic heterocycles. The van der Waals surface area contributed by atoms with E-state index in [1.807, 2.05) is 30.3 Å². The maximum absolute atomic E-state index is 12.1. The van der Waals surface area contributed by atoms with Gasteiger partial charge in [0.05, 0.1) is 17.9 Å². The maximum Gasteiger partial charge on any atom is 0.238 e. The summed E-state index contributed by atoms with van der Waals surface area (Å²) in [6.45, 7) is 3.78. The van der Waals surface area contributed by atoms with Gasteiger partial charge in [0.25, 0.3) is 0 Å². The van der Waals surface area contributed by atoms with Crippen molar-refractivity contribution in [2.45, 2.75) is 31.6 Å². The highest BCUT2D eigenvalue weighted by Crippen LogP contribution is 2.33. The van der Waals surface area contributed by atoms with Gasteiger partial charge in [0.1, 0.15) is 0 Å². The second kappa shape index (κ2) is 4.76. The summed E-state index contributed by atoms with van der Waals surface area (Å²) >= 11 is 0. The average molecular weight is 255 g/mol. The molecule has 0 aliphatic carbocycles. The van der Waals surface area contributed by atoms with Crippen molar-refractivity contribution in [2.75, 3.05) is 6.61 Å². The van der Waals surface area contributed by atoms with E-state index in [2.05, 4.69) is 0 Å². The number of rotatable bonds is 3. The van der Waals surface area contributed by atoms with E-state index in [9.17, 15) is 8.42 Å². The van der Waals surface area contributed by atoms with Crippen LogP contribution in [0.25, 0.3) is 0 Å². The summed E-state index contributed by atoms with van der Waals surface area (Å²) in [4.78, 5) is 5.29. The van der Waals surface area contributed by atoms with Crippen molar-refractivity contribution in [1.82, 2.24) is 4.47 Å². The number of nitrogens with zero attached hydrogens (tertiary/aromatic N) is 1. The van der Waals surface area contributed by atoms with E-state index >= 15 is 0 Å². The van der Waals surface area contributed by atoms with Gasteiger partial charge in [-0.2, -0.15) is 0 Å². The smallest absolute Gasteiger partial charge is 0.238 e. The Hall–Kier alpha value is -0.910. The number of sulfonamides is 1. The lowest BCUT2D eigenvalue weighted by molar-refractivity contribution is -0.0506. The molecule has 0 amide bonds. The van der Waals surface area contributed by atoms with Gasteiger partial charge in [-0.1, -0.05) is 34.8 Å². The van der Waals surface area contributed by atoms with E-state index in [1.165, 1.54) is 4.47 Å². The third kappa shape index (κ3) is 2.36. The molecule has 0 bridgehead atoms. The molecule has 1 aliphatic rings. The number of hydrogen-bond donors (Lipinski definition) is 0. The first-order valence-electron chi connectivity index (χ1n) is 5.74. The van der Waals surface area contributed by atoms with Crippen molar-refractivity contribution < 1.29 is 13.3 Å². The molecule has 0 radical (unpaired) electrons. The lowest BCUT2D eigenvalue weighted by Crippen LogP contribution is -2.35. The predicted octanol–water partition coefficient (Wildman–Crippen LogP) is 2.10. The first-order valence-corrected chi connectivity index (χ1v) is 7.25. The number of benzene rings is 1. The molecule has 0 spiro atoms. The molecule has 0 saturated carbocycles. The quantitative estimate of drug-likeness (QED) is 0.831. The highest BCUT2D eigenvalue weighted by molar-refractivity contribution is 7.89. The summed E-state index contributed by atoms with van der Waals surface area (Å²) in [5.74, 6) is 0. The van der Waals surface area contributed by atoms with Crippen LogP contribution in [0.3, 0.4) is 0 Å². The Morgan fingerprint density at radius 3 is 2.53 bits per heavy atom. The van der Waals surface area contributed by atoms with Gasteiger partial charge < -0.3 is 0 Å². The highest BCUT2D eigenvalue weighted by atomic mass is 32.2. The predicted molar refractivity (Wildman–Crippen MR) is 65.6 cm³/mol. The molecule has 1 aromatic rings. The standard InChI is InChI=1S/C12H17NO3S/c1-10(2)17(14,15)13-12(8-9-16-13)11-6-4-3-5-7-11/h3-7,10,12H,8-9H2,1-2H3/t12-/m0/s1. The van der Waals surface area contributed by atoms with Crippen LogP contribution in [0.1, 0.15) is 31.9 Å². The Bertz CT molecular complexity index is 470. The van der Waals surface area contributed by atoms with E-state index in [1.54, 1.807) is 13.8 Å². The molecule has 94 valence electrons. The monoisotopic (exact) mass is 255 g/mol. The van der Waals surface area contributed by atoms with Gasteiger partial charge >= 0.3 is 0 Å². The van der Waals surface area contributed by atoms with E-state index < -0.39 is 15.3 Å². The summed E-state index contributed by atoms with van der Waals surface area (Å²) in [5, 5.41) is -0.466. The van der Waals surface area contributed by atoms with Crippen LogP contribution in [0.15, 0.2) is 30.3 Å². The molecule has 0 N–H and O–H groups in total. The minimum atomic E-state index is -3.36. The fraction of sp³-hybridized carbons (Fsp3) is 0.500. The third-order valence-electron chi connectivity index (χ3n) is 2.90. The highest BCUT2D eigenvalue weighted by Gasteiger charge is 2.38. The zero-order chi connectivity index (χ0) is 12.5. The van der Waals surface area contributed by atoms with Gasteiger partial charge in [-0.05, 0) is 25.8 Å². The Morgan fingerprint density at radius 2 is 1.94 bits per heavy atom. The Morgan fingerprint density at radius 1 is 1.29 bits per heavy atom. The first-order chi connectivity index (χ1) is 8.03. The second-order valence-electron chi connectivity index (χ2n) is 4.40. The van der Waals surface area contributed by atoms with E-state index in [-0.39, 0.29) is 6.04 Å². The fourth-order valence-electron chi connectivity index (χ4n) is 1.87. The van der Waals surface area contributed by atoms with Crippen LogP contribution in [0, 0.1) is 0 Å². The minimum absolute atomic E-state index is 0.191. The molecular weight excluding hydrogens is 238 g/mol. The summed E-state index contributed by atoms with van der Waals surface area (Å²) < 4.78 is 25.4. The summed E-state index contributed by atoms with van der Waals surface area (Å²) in [6, 6.07) is 9.41. The molecule has 1 fully saturated rings. The van der Waals surface area contributed by atoms with Gasteiger partial charge in [0, 0.05) is 0 Å². The van der Waals surface area contributed by atoms with Gasteiger partial charge in [0.15, 0.2) is 0 Å². The first kappa shape index (κ1) is 12.5. The second-order valence-corrected chi connectivity index (χ2v) is 6.73. The number of hydrogen-bond acceptors (Lipinski definition) is 3. The third-order valence-corrected chi connectivity index (χ3v) is 4.95. The van der Waals surface area contributed by atoms with Crippen LogP contribution in [-0.4, -0.2) is 24.7 Å². The van der Waals surface area contributed by atoms with Crippen LogP contribution < -0.4 is 0 Å². The lowest BCUT2D eigenvalue weighted by atomic mass is 10.1. The van der Waals surface area contributed by atoms with Crippen molar-refractivity contribution in [3.8, 4) is 0 Å². The molecule has 17 heavy (non-hydrogen) atoms. The molecule has 1 saturated heterocycles. The Labute approximate surface area is 102 Å². The largest absolute Gasteiger partial charge is 0.284 e. The van der Waals surface area contributed by atoms with Gasteiger partial charge in [-0.25, -0.2) is 8.42 Å². The van der Waals surface area contributed by atoms with E-state index in [0.717, 1.165) is 5.56 Å². The van der Waals surface area contributed by atoms with Crippen LogP contribution in [0.5, 0.6) is 0 Å². The molecule has 5 heteroatoms. The summed E-state index contributed by atoms with van der Waals surface area (Å²) in [6.07, 6.45) is 0.704. The van der Waals surface area contributed by atoms with Gasteiger partial charge in [0.2, 0.25) is 10.0 Å². The van der Waals surface area contributed by atoms with Crippen LogP contribution >= 0.6 is 0 Å². The van der Waals surface area contributed by atoms with Crippen LogP contribution in [0.2, 0.25) is 0 Å². The maximum atomic E-state index is 12.1. The molecule has 2 rings (SSSR count). The minimum Gasteiger partial charge on any atom is -0.284 e. The summed E-state index contributed by atoms with van der Waals surface area (Å²) in [5.41, 5.74) is 0.981. The summed E-state index contributed by atoms with van der Waals surface area (Å²) in [7, 11) is -3.36. The fourth-order valence-corrected chi connectivity index (χ4v) is 3.09. The lowest BCUT2D eigenvalue weighted by Gasteiger charge is -2.24. The van der Waals surface area contributed by atoms with E-state index in [4.69, 9.17) is 4.84 Å². The van der Waals surface area contributed by atoms with Crippen molar-refractivity contribution in [3.63, 3.8) is 0 Å². The molecule has 1 aromatic carbocycles. The van der Waals surface area contributed by atoms with Crippen molar-refractivity contribution in [2.24, 2.45) is 0 Å². The van der Waals surface area contributed by atoms with Crippen LogP contribution in [0.4, 0.5) is 0 Å². The molecular formula is C12H17NO3S. The van der Waals surface area contributed by atoms with Crippen LogP contribution in [-0.2, 0) is 14.9 Å². The van der Waals surface area contributed by atoms with Gasteiger partial charge in [-0.3, -0.25) is 4.84 Å². The van der Waals surface area contributed by atoms with Crippen molar-refractivity contribution >= 4 is 10.0 Å². The number of hydroxylamine groups is 1. The molecule has 1 aliphatic heterocycles. The SMILES string of the molecule is CC(C)S(=O)(=O)N1OCC[C@H]1c1ccccc1. The Kier molecular flexibility index (Phi) is 3.51. The zero-order valence-electron chi connectivity index (χ0n) is 10.0. The normalized spacial score (nSPS) is 22.2. The molecule has 1 heterocycles. The molecule has 4 nitrogen and oxygen atoms in total.